The fraction of sp³-hybridized carbons (Fsp3) is 0.654. The van der Waals surface area contributed by atoms with Gasteiger partial charge >= 0.3 is 0 Å². The quantitative estimate of drug-likeness (QED) is 0.757. The number of benzene rings is 1. The summed E-state index contributed by atoms with van der Waals surface area (Å²) in [6.45, 7) is 4.06. The Bertz CT molecular complexity index is 1050. The van der Waals surface area contributed by atoms with Crippen LogP contribution < -0.4 is 10.9 Å². The summed E-state index contributed by atoms with van der Waals surface area (Å²) in [5.74, 6) is 2.47. The van der Waals surface area contributed by atoms with Crippen molar-refractivity contribution in [2.24, 2.45) is 23.2 Å². The number of nitrogens with one attached hydrogen (secondary N) is 1. The Hall–Kier alpha value is -2.21. The maximum atomic E-state index is 13.4. The van der Waals surface area contributed by atoms with Crippen molar-refractivity contribution in [1.82, 2.24) is 20.0 Å². The van der Waals surface area contributed by atoms with Crippen LogP contribution in [0.2, 0.25) is 0 Å². The molecule has 1 saturated heterocycles. The molecular formula is C26H34N4O2. The van der Waals surface area contributed by atoms with Crippen molar-refractivity contribution in [1.29, 1.82) is 0 Å². The van der Waals surface area contributed by atoms with E-state index in [0.29, 0.717) is 18.5 Å². The molecule has 2 heterocycles. The van der Waals surface area contributed by atoms with Gasteiger partial charge in [0.15, 0.2) is 0 Å². The molecule has 6 nitrogen and oxygen atoms in total. The van der Waals surface area contributed by atoms with Crippen molar-refractivity contribution in [3.8, 4) is 0 Å². The van der Waals surface area contributed by atoms with Gasteiger partial charge in [-0.1, -0.05) is 18.2 Å². The number of nitrogens with zero attached hydrogens (tertiary/aromatic N) is 3. The van der Waals surface area contributed by atoms with Crippen molar-refractivity contribution in [3.05, 3.63) is 40.3 Å². The third-order valence-corrected chi connectivity index (χ3v) is 8.71. The maximum Gasteiger partial charge on any atom is 0.274 e. The number of rotatable bonds is 6. The minimum atomic E-state index is -0.158. The summed E-state index contributed by atoms with van der Waals surface area (Å²) in [7, 11) is 0. The van der Waals surface area contributed by atoms with E-state index in [9.17, 15) is 9.59 Å². The zero-order valence-electron chi connectivity index (χ0n) is 18.9. The van der Waals surface area contributed by atoms with E-state index in [1.807, 2.05) is 24.3 Å². The van der Waals surface area contributed by atoms with Crippen LogP contribution in [-0.2, 0) is 17.9 Å². The third kappa shape index (κ3) is 3.57. The van der Waals surface area contributed by atoms with Crippen LogP contribution in [0.25, 0.3) is 10.8 Å². The monoisotopic (exact) mass is 434 g/mol. The fourth-order valence-electron chi connectivity index (χ4n) is 7.57. The van der Waals surface area contributed by atoms with E-state index in [0.717, 1.165) is 67.7 Å². The van der Waals surface area contributed by atoms with Gasteiger partial charge in [0.2, 0.25) is 5.91 Å². The van der Waals surface area contributed by atoms with Crippen molar-refractivity contribution in [2.75, 3.05) is 19.6 Å². The summed E-state index contributed by atoms with van der Waals surface area (Å²) >= 11 is 0. The number of carbonyl (C=O) groups excluding carboxylic acids is 1. The van der Waals surface area contributed by atoms with Gasteiger partial charge in [0, 0.05) is 17.3 Å². The Morgan fingerprint density at radius 2 is 1.59 bits per heavy atom. The van der Waals surface area contributed by atoms with Crippen LogP contribution >= 0.6 is 0 Å². The van der Waals surface area contributed by atoms with Crippen LogP contribution in [0.3, 0.4) is 0 Å². The molecule has 32 heavy (non-hydrogen) atoms. The largest absolute Gasteiger partial charge is 0.350 e. The maximum absolute atomic E-state index is 13.4. The standard InChI is InChI=1S/C26H34N4O2/c31-24-22-6-2-1-5-21(22)23(28-30(24)10-9-29-7-3-4-8-29)17-27-25(32)26-14-18-11-19(15-26)13-20(12-18)16-26/h1-2,5-6,18-20H,3-4,7-17H2,(H,27,32). The molecule has 2 aromatic rings. The number of hydrogen-bond acceptors (Lipinski definition) is 4. The van der Waals surface area contributed by atoms with Gasteiger partial charge in [-0.05, 0) is 88.3 Å². The SMILES string of the molecule is O=C(NCc1nn(CCN2CCCC2)c(=O)c2ccccc12)C12CC3CC(CC(C3)C1)C2. The van der Waals surface area contributed by atoms with Crippen molar-refractivity contribution in [2.45, 2.75) is 64.5 Å². The normalized spacial score (nSPS) is 31.4. The molecule has 1 aromatic carbocycles. The Kier molecular flexibility index (Phi) is 5.09. The first-order valence-corrected chi connectivity index (χ1v) is 12.6. The molecule has 170 valence electrons. The average Bonchev–Trinajstić information content (AvgIpc) is 3.30. The Balaban J connectivity index is 1.23. The molecule has 5 aliphatic rings. The Labute approximate surface area is 189 Å². The first-order chi connectivity index (χ1) is 15.6. The molecule has 5 fully saturated rings. The number of likely N-dealkylation sites (tertiary alicyclic amines) is 1. The molecule has 1 aliphatic heterocycles. The minimum absolute atomic E-state index is 0.0315. The fourth-order valence-corrected chi connectivity index (χ4v) is 7.57. The van der Waals surface area contributed by atoms with Crippen molar-refractivity contribution >= 4 is 16.7 Å². The lowest BCUT2D eigenvalue weighted by Crippen LogP contribution is -2.53. The van der Waals surface area contributed by atoms with Gasteiger partial charge in [0.05, 0.1) is 24.2 Å². The minimum Gasteiger partial charge on any atom is -0.350 e. The average molecular weight is 435 g/mol. The van der Waals surface area contributed by atoms with Gasteiger partial charge in [-0.3, -0.25) is 9.59 Å². The number of fused-ring (bicyclic) bond motifs is 1. The molecule has 4 saturated carbocycles. The van der Waals surface area contributed by atoms with E-state index in [-0.39, 0.29) is 16.9 Å². The van der Waals surface area contributed by atoms with Crippen LogP contribution in [-0.4, -0.2) is 40.2 Å². The predicted octanol–water partition coefficient (Wildman–Crippen LogP) is 3.32. The molecule has 0 spiro atoms. The molecule has 7 rings (SSSR count). The van der Waals surface area contributed by atoms with Gasteiger partial charge < -0.3 is 10.2 Å². The van der Waals surface area contributed by atoms with Crippen molar-refractivity contribution < 1.29 is 4.79 Å². The van der Waals surface area contributed by atoms with E-state index in [2.05, 4.69) is 10.2 Å². The van der Waals surface area contributed by atoms with Gasteiger partial charge in [-0.25, -0.2) is 4.68 Å². The van der Waals surface area contributed by atoms with Gasteiger partial charge in [0.25, 0.3) is 5.56 Å². The highest BCUT2D eigenvalue weighted by atomic mass is 16.2. The van der Waals surface area contributed by atoms with Crippen LogP contribution in [0, 0.1) is 23.2 Å². The van der Waals surface area contributed by atoms with E-state index in [4.69, 9.17) is 5.10 Å². The molecule has 1 N–H and O–H groups in total. The third-order valence-electron chi connectivity index (χ3n) is 8.71. The van der Waals surface area contributed by atoms with E-state index in [1.54, 1.807) is 4.68 Å². The second kappa shape index (κ2) is 7.98. The molecule has 6 heteroatoms. The highest BCUT2D eigenvalue weighted by Crippen LogP contribution is 2.60. The topological polar surface area (TPSA) is 67.2 Å². The number of aromatic nitrogens is 2. The molecule has 4 bridgehead atoms. The van der Waals surface area contributed by atoms with Crippen LogP contribution in [0.4, 0.5) is 0 Å². The predicted molar refractivity (Wildman–Crippen MR) is 124 cm³/mol. The summed E-state index contributed by atoms with van der Waals surface area (Å²) < 4.78 is 1.62. The molecule has 0 radical (unpaired) electrons. The zero-order chi connectivity index (χ0) is 21.7. The van der Waals surface area contributed by atoms with Crippen LogP contribution in [0.15, 0.2) is 29.1 Å². The van der Waals surface area contributed by atoms with Gasteiger partial charge in [0.1, 0.15) is 0 Å². The van der Waals surface area contributed by atoms with E-state index >= 15 is 0 Å². The van der Waals surface area contributed by atoms with E-state index < -0.39 is 0 Å². The molecule has 1 aromatic heterocycles. The Morgan fingerprint density at radius 3 is 2.25 bits per heavy atom. The molecule has 4 aliphatic carbocycles. The number of amides is 1. The van der Waals surface area contributed by atoms with Crippen LogP contribution in [0.1, 0.15) is 57.1 Å². The van der Waals surface area contributed by atoms with Gasteiger partial charge in [-0.2, -0.15) is 5.10 Å². The lowest BCUT2D eigenvalue weighted by molar-refractivity contribution is -0.146. The Morgan fingerprint density at radius 1 is 0.969 bits per heavy atom. The second-order valence-corrected chi connectivity index (χ2v) is 10.9. The summed E-state index contributed by atoms with van der Waals surface area (Å²) in [6.07, 6.45) is 9.67. The number of hydrogen-bond donors (Lipinski definition) is 1. The summed E-state index contributed by atoms with van der Waals surface area (Å²) in [4.78, 5) is 28.9. The first-order valence-electron chi connectivity index (χ1n) is 12.6. The highest BCUT2D eigenvalue weighted by Gasteiger charge is 2.54. The molecule has 0 unspecified atom stereocenters. The molecule has 1 amide bonds. The van der Waals surface area contributed by atoms with E-state index in [1.165, 1.54) is 32.1 Å². The lowest BCUT2D eigenvalue weighted by atomic mass is 9.49. The van der Waals surface area contributed by atoms with Crippen molar-refractivity contribution in [3.63, 3.8) is 0 Å². The smallest absolute Gasteiger partial charge is 0.274 e. The molecule has 0 atom stereocenters. The zero-order valence-corrected chi connectivity index (χ0v) is 18.9. The molecular weight excluding hydrogens is 400 g/mol. The summed E-state index contributed by atoms with van der Waals surface area (Å²) in [5, 5.41) is 9.57. The second-order valence-electron chi connectivity index (χ2n) is 10.9. The first kappa shape index (κ1) is 20.4. The highest BCUT2D eigenvalue weighted by molar-refractivity contribution is 5.85. The van der Waals surface area contributed by atoms with Crippen LogP contribution in [0.5, 0.6) is 0 Å². The van der Waals surface area contributed by atoms with Gasteiger partial charge in [-0.15, -0.1) is 0 Å². The summed E-state index contributed by atoms with van der Waals surface area (Å²) in [5.41, 5.74) is 0.616. The lowest BCUT2D eigenvalue weighted by Gasteiger charge is -2.55. The number of carbonyl (C=O) groups is 1. The summed E-state index contributed by atoms with van der Waals surface area (Å²) in [6, 6.07) is 7.70.